The molecule has 1 fully saturated rings. The Labute approximate surface area is 107 Å². The minimum atomic E-state index is -0.0568. The molecule has 0 bridgehead atoms. The number of carbonyl (C=O) groups is 1. The van der Waals surface area contributed by atoms with E-state index in [1.165, 1.54) is 0 Å². The number of nitrogens with zero attached hydrogens (tertiary/aromatic N) is 1. The van der Waals surface area contributed by atoms with Crippen molar-refractivity contribution in [2.24, 2.45) is 5.41 Å². The van der Waals surface area contributed by atoms with Crippen molar-refractivity contribution in [3.8, 4) is 0 Å². The van der Waals surface area contributed by atoms with Gasteiger partial charge >= 0.3 is 0 Å². The minimum absolute atomic E-state index is 0.0568. The highest BCUT2D eigenvalue weighted by Gasteiger charge is 2.33. The van der Waals surface area contributed by atoms with E-state index in [1.807, 2.05) is 4.90 Å². The lowest BCUT2D eigenvalue weighted by molar-refractivity contribution is 0.0779. The van der Waals surface area contributed by atoms with E-state index < -0.39 is 0 Å². The number of amides is 1. The van der Waals surface area contributed by atoms with Crippen LogP contribution in [0.3, 0.4) is 0 Å². The number of carbonyl (C=O) groups excluding carboxylic acids is 1. The molecule has 1 saturated heterocycles. The molecule has 4 heteroatoms. The second-order valence-electron chi connectivity index (χ2n) is 5.34. The molecule has 2 N–H and O–H groups in total. The zero-order valence-corrected chi connectivity index (χ0v) is 10.9. The summed E-state index contributed by atoms with van der Waals surface area (Å²) in [5.74, 6) is -0.0568. The van der Waals surface area contributed by atoms with Crippen molar-refractivity contribution < 1.29 is 4.79 Å². The molecule has 0 unspecified atom stereocenters. The largest absolute Gasteiger partial charge is 0.398 e. The van der Waals surface area contributed by atoms with Gasteiger partial charge in [-0.1, -0.05) is 31.5 Å². The fraction of sp³-hybridized carbons (Fsp3) is 0.462. The Kier molecular flexibility index (Phi) is 3.04. The average Bonchev–Trinajstić information content (AvgIpc) is 2.58. The van der Waals surface area contributed by atoms with Gasteiger partial charge in [0.15, 0.2) is 0 Å². The van der Waals surface area contributed by atoms with Gasteiger partial charge < -0.3 is 10.6 Å². The molecule has 0 saturated carbocycles. The molecule has 1 aromatic rings. The van der Waals surface area contributed by atoms with Crippen LogP contribution in [-0.2, 0) is 0 Å². The summed E-state index contributed by atoms with van der Waals surface area (Å²) in [5, 5.41) is 0.430. The minimum Gasteiger partial charge on any atom is -0.398 e. The molecule has 1 aliphatic heterocycles. The van der Waals surface area contributed by atoms with Crippen molar-refractivity contribution in [1.29, 1.82) is 0 Å². The molecule has 92 valence electrons. The van der Waals surface area contributed by atoms with Gasteiger partial charge in [-0.3, -0.25) is 4.79 Å². The highest BCUT2D eigenvalue weighted by Crippen LogP contribution is 2.32. The maximum absolute atomic E-state index is 12.3. The average molecular weight is 253 g/mol. The molecule has 1 amide bonds. The molecule has 0 spiro atoms. The second kappa shape index (κ2) is 4.22. The van der Waals surface area contributed by atoms with E-state index in [1.54, 1.807) is 18.2 Å². The summed E-state index contributed by atoms with van der Waals surface area (Å²) in [6.07, 6.45) is 1.02. The Morgan fingerprint density at radius 3 is 2.71 bits per heavy atom. The van der Waals surface area contributed by atoms with Gasteiger partial charge in [-0.25, -0.2) is 0 Å². The van der Waals surface area contributed by atoms with E-state index in [-0.39, 0.29) is 11.3 Å². The van der Waals surface area contributed by atoms with Crippen LogP contribution in [-0.4, -0.2) is 23.9 Å². The summed E-state index contributed by atoms with van der Waals surface area (Å²) < 4.78 is 0. The Hall–Kier alpha value is -1.22. The van der Waals surface area contributed by atoms with E-state index in [2.05, 4.69) is 13.8 Å². The molecule has 0 aliphatic carbocycles. The van der Waals surface area contributed by atoms with E-state index in [9.17, 15) is 4.79 Å². The lowest BCUT2D eigenvalue weighted by Crippen LogP contribution is -2.31. The number of hydrogen-bond donors (Lipinski definition) is 1. The van der Waals surface area contributed by atoms with Crippen LogP contribution >= 0.6 is 11.6 Å². The lowest BCUT2D eigenvalue weighted by atomic mass is 9.93. The van der Waals surface area contributed by atoms with Crippen molar-refractivity contribution in [1.82, 2.24) is 4.90 Å². The van der Waals surface area contributed by atoms with Crippen LogP contribution in [0.25, 0.3) is 0 Å². The van der Waals surface area contributed by atoms with E-state index in [0.717, 1.165) is 19.5 Å². The van der Waals surface area contributed by atoms with Crippen LogP contribution in [0.1, 0.15) is 30.6 Å². The lowest BCUT2D eigenvalue weighted by Gasteiger charge is -2.21. The zero-order chi connectivity index (χ0) is 12.6. The summed E-state index contributed by atoms with van der Waals surface area (Å²) >= 11 is 6.05. The van der Waals surface area contributed by atoms with Crippen molar-refractivity contribution in [3.05, 3.63) is 28.8 Å². The first-order valence-corrected chi connectivity index (χ1v) is 6.12. The van der Waals surface area contributed by atoms with E-state index in [4.69, 9.17) is 17.3 Å². The molecule has 0 radical (unpaired) electrons. The number of nitrogens with two attached hydrogens (primary N) is 1. The summed E-state index contributed by atoms with van der Waals surface area (Å²) in [6, 6.07) is 5.16. The predicted molar refractivity (Wildman–Crippen MR) is 70.2 cm³/mol. The molecule has 3 nitrogen and oxygen atoms in total. The van der Waals surface area contributed by atoms with Gasteiger partial charge in [0.25, 0.3) is 5.91 Å². The first-order chi connectivity index (χ1) is 7.91. The smallest absolute Gasteiger partial charge is 0.257 e. The van der Waals surface area contributed by atoms with E-state index >= 15 is 0 Å². The third kappa shape index (κ3) is 2.39. The zero-order valence-electron chi connectivity index (χ0n) is 10.2. The normalized spacial score (nSPS) is 18.4. The van der Waals surface area contributed by atoms with Gasteiger partial charge in [0.1, 0.15) is 0 Å². The maximum atomic E-state index is 12.3. The van der Waals surface area contributed by atoms with Crippen LogP contribution in [0.5, 0.6) is 0 Å². The van der Waals surface area contributed by atoms with Gasteiger partial charge in [0.05, 0.1) is 10.6 Å². The topological polar surface area (TPSA) is 46.3 Å². The molecule has 0 atom stereocenters. The molecule has 1 aromatic carbocycles. The summed E-state index contributed by atoms with van der Waals surface area (Å²) in [7, 11) is 0. The fourth-order valence-electron chi connectivity index (χ4n) is 2.21. The third-order valence-corrected chi connectivity index (χ3v) is 3.54. The number of hydrogen-bond acceptors (Lipinski definition) is 2. The Bertz CT molecular complexity index is 436. The van der Waals surface area contributed by atoms with Crippen LogP contribution in [0, 0.1) is 5.41 Å². The van der Waals surface area contributed by atoms with Crippen LogP contribution < -0.4 is 5.73 Å². The number of anilines is 1. The Morgan fingerprint density at radius 1 is 1.47 bits per heavy atom. The van der Waals surface area contributed by atoms with Gasteiger partial charge in [0.2, 0.25) is 0 Å². The molecular weight excluding hydrogens is 236 g/mol. The van der Waals surface area contributed by atoms with Gasteiger partial charge in [0, 0.05) is 18.8 Å². The maximum Gasteiger partial charge on any atom is 0.257 e. The molecule has 0 aromatic heterocycles. The fourth-order valence-corrected chi connectivity index (χ4v) is 2.47. The molecule has 17 heavy (non-hydrogen) atoms. The van der Waals surface area contributed by atoms with E-state index in [0.29, 0.717) is 16.3 Å². The highest BCUT2D eigenvalue weighted by atomic mass is 35.5. The van der Waals surface area contributed by atoms with Crippen molar-refractivity contribution in [2.75, 3.05) is 18.8 Å². The number of likely N-dealkylation sites (tertiary alicyclic amines) is 1. The number of nitrogen functional groups attached to an aromatic ring is 1. The monoisotopic (exact) mass is 252 g/mol. The van der Waals surface area contributed by atoms with Gasteiger partial charge in [-0.2, -0.15) is 0 Å². The standard InChI is InChI=1S/C13H17ClN2O/c1-13(2)6-7-16(8-13)12(17)11-9(14)4-3-5-10(11)15/h3-5H,6-8,15H2,1-2H3. The van der Waals surface area contributed by atoms with Crippen LogP contribution in [0.2, 0.25) is 5.02 Å². The van der Waals surface area contributed by atoms with Crippen molar-refractivity contribution in [2.45, 2.75) is 20.3 Å². The molecular formula is C13H17ClN2O. The van der Waals surface area contributed by atoms with Crippen molar-refractivity contribution in [3.63, 3.8) is 0 Å². The SMILES string of the molecule is CC1(C)CCN(C(=O)c2c(N)cccc2Cl)C1. The second-order valence-corrected chi connectivity index (χ2v) is 5.75. The molecule has 2 rings (SSSR count). The number of benzene rings is 1. The Morgan fingerprint density at radius 2 is 2.18 bits per heavy atom. The summed E-state index contributed by atoms with van der Waals surface area (Å²) in [6.45, 7) is 5.86. The predicted octanol–water partition coefficient (Wildman–Crippen LogP) is 2.79. The quantitative estimate of drug-likeness (QED) is 0.782. The molecule has 1 aliphatic rings. The van der Waals surface area contributed by atoms with Crippen molar-refractivity contribution >= 4 is 23.2 Å². The first-order valence-electron chi connectivity index (χ1n) is 5.74. The first kappa shape index (κ1) is 12.2. The third-order valence-electron chi connectivity index (χ3n) is 3.22. The molecule has 1 heterocycles. The number of halogens is 1. The highest BCUT2D eigenvalue weighted by molar-refractivity contribution is 6.34. The van der Waals surface area contributed by atoms with Gasteiger partial charge in [-0.15, -0.1) is 0 Å². The summed E-state index contributed by atoms with van der Waals surface area (Å²) in [4.78, 5) is 14.2. The van der Waals surface area contributed by atoms with Gasteiger partial charge in [-0.05, 0) is 24.0 Å². The Balaban J connectivity index is 2.27. The van der Waals surface area contributed by atoms with Crippen LogP contribution in [0.15, 0.2) is 18.2 Å². The van der Waals surface area contributed by atoms with Crippen LogP contribution in [0.4, 0.5) is 5.69 Å². The number of rotatable bonds is 1. The summed E-state index contributed by atoms with van der Waals surface area (Å²) in [5.41, 5.74) is 6.90.